The monoisotopic (exact) mass is 319 g/mol. The van der Waals surface area contributed by atoms with Gasteiger partial charge in [-0.05, 0) is 31.5 Å². The number of piperidine rings is 1. The molecule has 6 nitrogen and oxygen atoms in total. The van der Waals surface area contributed by atoms with Gasteiger partial charge in [0.05, 0.1) is 0 Å². The first-order chi connectivity index (χ1) is 11.2. The molecule has 1 saturated heterocycles. The van der Waals surface area contributed by atoms with Crippen LogP contribution in [0.1, 0.15) is 24.8 Å². The van der Waals surface area contributed by atoms with Gasteiger partial charge in [-0.15, -0.1) is 0 Å². The lowest BCUT2D eigenvalue weighted by molar-refractivity contribution is -0.146. The molecule has 1 aromatic rings. The first-order valence-corrected chi connectivity index (χ1v) is 8.01. The normalized spacial score (nSPS) is 16.6. The van der Waals surface area contributed by atoms with Crippen molar-refractivity contribution in [2.24, 2.45) is 0 Å². The van der Waals surface area contributed by atoms with Crippen molar-refractivity contribution in [2.75, 3.05) is 26.7 Å². The van der Waals surface area contributed by atoms with E-state index in [1.165, 1.54) is 0 Å². The van der Waals surface area contributed by atoms with Crippen molar-refractivity contribution in [3.8, 4) is 0 Å². The van der Waals surface area contributed by atoms with Gasteiger partial charge >= 0.3 is 0 Å². The Morgan fingerprint density at radius 1 is 1.17 bits per heavy atom. The predicted octanol–water partition coefficient (Wildman–Crippen LogP) is 0.578. The molecule has 23 heavy (non-hydrogen) atoms. The number of amides is 2. The second-order valence-electron chi connectivity index (χ2n) is 5.72. The first-order valence-electron chi connectivity index (χ1n) is 8.01. The maximum absolute atomic E-state index is 12.3. The van der Waals surface area contributed by atoms with Gasteiger partial charge in [0.2, 0.25) is 5.91 Å². The van der Waals surface area contributed by atoms with E-state index in [2.05, 4.69) is 16.0 Å². The van der Waals surface area contributed by atoms with Crippen LogP contribution in [0.2, 0.25) is 0 Å². The van der Waals surface area contributed by atoms with Crippen LogP contribution in [0.15, 0.2) is 30.3 Å². The van der Waals surface area contributed by atoms with E-state index in [1.807, 2.05) is 30.3 Å². The molecular weight excluding hydrogens is 294 g/mol. The van der Waals surface area contributed by atoms with Crippen LogP contribution >= 0.6 is 0 Å². The highest BCUT2D eigenvalue weighted by atomic mass is 16.5. The Labute approximate surface area is 137 Å². The number of hydrogen-bond acceptors (Lipinski definition) is 4. The number of carbonyl (C=O) groups excluding carboxylic acids is 2. The van der Waals surface area contributed by atoms with Gasteiger partial charge in [-0.2, -0.15) is 0 Å². The highest BCUT2D eigenvalue weighted by Crippen LogP contribution is 2.22. The van der Waals surface area contributed by atoms with Crippen LogP contribution in [0.3, 0.4) is 0 Å². The van der Waals surface area contributed by atoms with Crippen LogP contribution in [-0.4, -0.2) is 44.2 Å². The van der Waals surface area contributed by atoms with E-state index in [0.29, 0.717) is 25.9 Å². The molecule has 0 unspecified atom stereocenters. The Morgan fingerprint density at radius 3 is 2.52 bits per heavy atom. The van der Waals surface area contributed by atoms with Crippen molar-refractivity contribution in [1.82, 2.24) is 16.0 Å². The zero-order valence-electron chi connectivity index (χ0n) is 13.6. The van der Waals surface area contributed by atoms with E-state index in [9.17, 15) is 9.59 Å². The van der Waals surface area contributed by atoms with Gasteiger partial charge in [0.15, 0.2) is 0 Å². The number of carbonyl (C=O) groups is 2. The minimum Gasteiger partial charge on any atom is -0.368 e. The maximum Gasteiger partial charge on any atom is 0.252 e. The Bertz CT molecular complexity index is 513. The third-order valence-electron chi connectivity index (χ3n) is 4.19. The molecule has 126 valence electrons. The number of rotatable bonds is 7. The number of benzene rings is 1. The van der Waals surface area contributed by atoms with Gasteiger partial charge in [-0.25, -0.2) is 0 Å². The van der Waals surface area contributed by atoms with Crippen molar-refractivity contribution in [3.63, 3.8) is 0 Å². The van der Waals surface area contributed by atoms with Gasteiger partial charge in [-0.1, -0.05) is 30.3 Å². The highest BCUT2D eigenvalue weighted by molar-refractivity contribution is 5.86. The number of methoxy groups -OCH3 is 1. The molecule has 2 rings (SSSR count). The molecular formula is C17H25N3O3. The largest absolute Gasteiger partial charge is 0.368 e. The summed E-state index contributed by atoms with van der Waals surface area (Å²) in [5, 5.41) is 8.88. The minimum atomic E-state index is -0.758. The van der Waals surface area contributed by atoms with Crippen molar-refractivity contribution < 1.29 is 14.3 Å². The Hall–Kier alpha value is -1.92. The topological polar surface area (TPSA) is 79.5 Å². The van der Waals surface area contributed by atoms with E-state index in [0.717, 1.165) is 18.7 Å². The van der Waals surface area contributed by atoms with E-state index < -0.39 is 5.60 Å². The average molecular weight is 319 g/mol. The van der Waals surface area contributed by atoms with Crippen molar-refractivity contribution >= 4 is 11.8 Å². The molecule has 1 aliphatic heterocycles. The summed E-state index contributed by atoms with van der Waals surface area (Å²) in [6.45, 7) is 2.34. The van der Waals surface area contributed by atoms with Crippen LogP contribution < -0.4 is 16.0 Å². The van der Waals surface area contributed by atoms with E-state index in [4.69, 9.17) is 4.74 Å². The van der Waals surface area contributed by atoms with E-state index in [1.54, 1.807) is 7.11 Å². The van der Waals surface area contributed by atoms with E-state index >= 15 is 0 Å². The van der Waals surface area contributed by atoms with Crippen LogP contribution in [-0.2, 0) is 20.9 Å². The summed E-state index contributed by atoms with van der Waals surface area (Å²) in [5.74, 6) is -0.205. The molecule has 0 saturated carbocycles. The average Bonchev–Trinajstić information content (AvgIpc) is 2.61. The maximum atomic E-state index is 12.3. The van der Waals surface area contributed by atoms with Crippen molar-refractivity contribution in [1.29, 1.82) is 0 Å². The molecule has 6 heteroatoms. The third-order valence-corrected chi connectivity index (χ3v) is 4.19. The molecule has 1 fully saturated rings. The van der Waals surface area contributed by atoms with E-state index in [-0.39, 0.29) is 18.2 Å². The first kappa shape index (κ1) is 17.4. The third kappa shape index (κ3) is 5.04. The Kier molecular flexibility index (Phi) is 6.55. The van der Waals surface area contributed by atoms with Gasteiger partial charge in [0, 0.05) is 26.6 Å². The molecule has 1 aromatic carbocycles. The number of ether oxygens (including phenoxy) is 1. The lowest BCUT2D eigenvalue weighted by atomic mass is 9.91. The second-order valence-corrected chi connectivity index (χ2v) is 5.72. The van der Waals surface area contributed by atoms with Gasteiger partial charge in [-0.3, -0.25) is 9.59 Å². The molecule has 0 aromatic heterocycles. The van der Waals surface area contributed by atoms with Crippen LogP contribution in [0.4, 0.5) is 0 Å². The Balaban J connectivity index is 1.69. The lowest BCUT2D eigenvalue weighted by Crippen LogP contribution is -2.54. The lowest BCUT2D eigenvalue weighted by Gasteiger charge is -2.34. The molecule has 0 aliphatic carbocycles. The van der Waals surface area contributed by atoms with Crippen LogP contribution in [0.5, 0.6) is 0 Å². The summed E-state index contributed by atoms with van der Waals surface area (Å²) in [5.41, 5.74) is 0.295. The van der Waals surface area contributed by atoms with Crippen molar-refractivity contribution in [2.45, 2.75) is 31.4 Å². The zero-order chi connectivity index (χ0) is 16.5. The summed E-state index contributed by atoms with van der Waals surface area (Å²) >= 11 is 0. The summed E-state index contributed by atoms with van der Waals surface area (Å²) < 4.78 is 5.45. The minimum absolute atomic E-state index is 0.0778. The molecule has 0 radical (unpaired) electrons. The quantitative estimate of drug-likeness (QED) is 0.687. The summed E-state index contributed by atoms with van der Waals surface area (Å²) in [6, 6.07) is 9.73. The van der Waals surface area contributed by atoms with Crippen LogP contribution in [0.25, 0.3) is 0 Å². The standard InChI is InChI=1S/C17H25N3O3/c1-23-17(8-11-18-12-9-17)16(22)19-10-7-15(21)20-13-14-5-3-2-4-6-14/h2-6,18H,7-13H2,1H3,(H,19,22)(H,20,21). The fraction of sp³-hybridized carbons (Fsp3) is 0.529. The smallest absolute Gasteiger partial charge is 0.252 e. The zero-order valence-corrected chi connectivity index (χ0v) is 13.6. The van der Waals surface area contributed by atoms with Gasteiger partial charge in [0.25, 0.3) is 5.91 Å². The number of nitrogens with one attached hydrogen (secondary N) is 3. The van der Waals surface area contributed by atoms with Crippen LogP contribution in [0, 0.1) is 0 Å². The van der Waals surface area contributed by atoms with Gasteiger partial charge in [0.1, 0.15) is 5.60 Å². The SMILES string of the molecule is COC1(C(=O)NCCC(=O)NCc2ccccc2)CCNCC1. The van der Waals surface area contributed by atoms with Crippen molar-refractivity contribution in [3.05, 3.63) is 35.9 Å². The highest BCUT2D eigenvalue weighted by Gasteiger charge is 2.39. The second kappa shape index (κ2) is 8.64. The fourth-order valence-electron chi connectivity index (χ4n) is 2.69. The summed E-state index contributed by atoms with van der Waals surface area (Å²) in [4.78, 5) is 24.1. The molecule has 0 atom stereocenters. The molecule has 1 heterocycles. The summed E-state index contributed by atoms with van der Waals surface area (Å²) in [6.07, 6.45) is 1.56. The molecule has 2 amide bonds. The van der Waals surface area contributed by atoms with Gasteiger partial charge < -0.3 is 20.7 Å². The fourth-order valence-corrected chi connectivity index (χ4v) is 2.69. The Morgan fingerprint density at radius 2 is 1.87 bits per heavy atom. The molecule has 0 spiro atoms. The molecule has 0 bridgehead atoms. The molecule has 1 aliphatic rings. The number of hydrogen-bond donors (Lipinski definition) is 3. The predicted molar refractivity (Wildman–Crippen MR) is 87.8 cm³/mol. The molecule has 3 N–H and O–H groups in total. The summed E-state index contributed by atoms with van der Waals surface area (Å²) in [7, 11) is 1.57.